The van der Waals surface area contributed by atoms with Crippen molar-refractivity contribution in [2.45, 2.75) is 25.4 Å². The van der Waals surface area contributed by atoms with Gasteiger partial charge in [0.2, 0.25) is 0 Å². The van der Waals surface area contributed by atoms with Crippen LogP contribution in [-0.2, 0) is 6.54 Å². The molecule has 1 aromatic carbocycles. The van der Waals surface area contributed by atoms with Crippen LogP contribution in [0.25, 0.3) is 5.69 Å². The van der Waals surface area contributed by atoms with Crippen molar-refractivity contribution in [3.05, 3.63) is 48.3 Å². The van der Waals surface area contributed by atoms with Gasteiger partial charge in [-0.2, -0.15) is 0 Å². The van der Waals surface area contributed by atoms with Crippen molar-refractivity contribution >= 4 is 6.03 Å². The molecule has 0 spiro atoms. The Labute approximate surface area is 133 Å². The highest BCUT2D eigenvalue weighted by atomic mass is 19.1. The van der Waals surface area contributed by atoms with Gasteiger partial charge in [-0.25, -0.2) is 14.2 Å². The average molecular weight is 318 g/mol. The number of aliphatic hydroxyl groups excluding tert-OH is 1. The third-order valence-electron chi connectivity index (χ3n) is 3.83. The molecule has 0 unspecified atom stereocenters. The van der Waals surface area contributed by atoms with Gasteiger partial charge in [0.15, 0.2) is 0 Å². The molecule has 1 saturated carbocycles. The van der Waals surface area contributed by atoms with E-state index >= 15 is 0 Å². The van der Waals surface area contributed by atoms with E-state index in [0.717, 1.165) is 12.8 Å². The Morgan fingerprint density at radius 3 is 2.91 bits per heavy atom. The van der Waals surface area contributed by atoms with Gasteiger partial charge in [-0.15, -0.1) is 0 Å². The van der Waals surface area contributed by atoms with Crippen LogP contribution in [0.3, 0.4) is 0 Å². The number of halogens is 1. The Hall–Kier alpha value is -2.41. The number of hydrogen-bond donors (Lipinski definition) is 2. The second kappa shape index (κ2) is 6.78. The first-order valence-electron chi connectivity index (χ1n) is 7.61. The number of rotatable bonds is 6. The highest BCUT2D eigenvalue weighted by molar-refractivity contribution is 5.74. The summed E-state index contributed by atoms with van der Waals surface area (Å²) >= 11 is 0. The van der Waals surface area contributed by atoms with Crippen LogP contribution in [0.15, 0.2) is 36.9 Å². The number of aromatic nitrogens is 2. The van der Waals surface area contributed by atoms with Crippen LogP contribution in [0.1, 0.15) is 18.4 Å². The number of aliphatic hydroxyl groups is 1. The van der Waals surface area contributed by atoms with E-state index in [4.69, 9.17) is 5.11 Å². The van der Waals surface area contributed by atoms with Crippen molar-refractivity contribution in [2.75, 3.05) is 13.2 Å². The van der Waals surface area contributed by atoms with Gasteiger partial charge in [0, 0.05) is 31.5 Å². The molecule has 0 radical (unpaired) electrons. The van der Waals surface area contributed by atoms with Gasteiger partial charge in [0.05, 0.1) is 18.6 Å². The number of urea groups is 1. The summed E-state index contributed by atoms with van der Waals surface area (Å²) in [5, 5.41) is 11.8. The topological polar surface area (TPSA) is 70.4 Å². The SMILES string of the molecule is O=C(NCc1ccc(-n2ccnc2)c(F)c1)N(CCO)C1CC1. The van der Waals surface area contributed by atoms with Crippen LogP contribution < -0.4 is 5.32 Å². The van der Waals surface area contributed by atoms with Crippen molar-refractivity contribution in [1.29, 1.82) is 0 Å². The molecule has 1 aliphatic carbocycles. The van der Waals surface area contributed by atoms with Crippen LogP contribution in [0.2, 0.25) is 0 Å². The average Bonchev–Trinajstić information content (AvgIpc) is 3.24. The molecule has 23 heavy (non-hydrogen) atoms. The summed E-state index contributed by atoms with van der Waals surface area (Å²) in [5.74, 6) is -0.371. The number of hydrogen-bond acceptors (Lipinski definition) is 3. The minimum absolute atomic E-state index is 0.0574. The summed E-state index contributed by atoms with van der Waals surface area (Å²) in [6.07, 6.45) is 6.73. The lowest BCUT2D eigenvalue weighted by molar-refractivity contribution is 0.173. The van der Waals surface area contributed by atoms with Crippen molar-refractivity contribution in [2.24, 2.45) is 0 Å². The lowest BCUT2D eigenvalue weighted by Crippen LogP contribution is -2.42. The number of nitrogens with zero attached hydrogens (tertiary/aromatic N) is 3. The monoisotopic (exact) mass is 318 g/mol. The van der Waals surface area contributed by atoms with Crippen LogP contribution in [0.5, 0.6) is 0 Å². The molecule has 1 aromatic heterocycles. The Kier molecular flexibility index (Phi) is 4.57. The van der Waals surface area contributed by atoms with E-state index < -0.39 is 0 Å². The predicted molar refractivity (Wildman–Crippen MR) is 82.6 cm³/mol. The van der Waals surface area contributed by atoms with E-state index in [-0.39, 0.29) is 31.0 Å². The molecule has 7 heteroatoms. The zero-order chi connectivity index (χ0) is 16.2. The molecular weight excluding hydrogens is 299 g/mol. The lowest BCUT2D eigenvalue weighted by atomic mass is 10.2. The fourth-order valence-corrected chi connectivity index (χ4v) is 2.49. The first-order chi connectivity index (χ1) is 11.2. The number of amides is 2. The molecule has 0 aliphatic heterocycles. The quantitative estimate of drug-likeness (QED) is 0.851. The molecule has 1 aliphatic rings. The first-order valence-corrected chi connectivity index (χ1v) is 7.61. The molecule has 0 bridgehead atoms. The molecule has 2 N–H and O–H groups in total. The standard InChI is InChI=1S/C16H19FN4O2/c17-14-9-12(1-4-15(14)20-6-5-18-11-20)10-19-16(23)21(7-8-22)13-2-3-13/h1,4-6,9,11,13,22H,2-3,7-8,10H2,(H,19,23). The Morgan fingerprint density at radius 2 is 2.30 bits per heavy atom. The predicted octanol–water partition coefficient (Wildman–Crippen LogP) is 1.68. The molecule has 6 nitrogen and oxygen atoms in total. The van der Waals surface area contributed by atoms with Gasteiger partial charge in [-0.3, -0.25) is 0 Å². The van der Waals surface area contributed by atoms with Crippen LogP contribution in [0.4, 0.5) is 9.18 Å². The van der Waals surface area contributed by atoms with E-state index in [1.807, 2.05) is 0 Å². The highest BCUT2D eigenvalue weighted by Crippen LogP contribution is 2.26. The zero-order valence-corrected chi connectivity index (χ0v) is 12.7. The highest BCUT2D eigenvalue weighted by Gasteiger charge is 2.31. The molecule has 0 atom stereocenters. The maximum atomic E-state index is 14.2. The number of carbonyl (C=O) groups is 1. The Bertz CT molecular complexity index is 671. The lowest BCUT2D eigenvalue weighted by Gasteiger charge is -2.21. The van der Waals surface area contributed by atoms with Gasteiger partial charge in [-0.05, 0) is 30.5 Å². The van der Waals surface area contributed by atoms with Crippen molar-refractivity contribution < 1.29 is 14.3 Å². The first kappa shape index (κ1) is 15.5. The summed E-state index contributed by atoms with van der Waals surface area (Å²) in [6, 6.07) is 4.84. The van der Waals surface area contributed by atoms with E-state index in [0.29, 0.717) is 17.8 Å². The number of benzene rings is 1. The molecule has 0 saturated heterocycles. The molecule has 1 fully saturated rings. The number of imidazole rings is 1. The Balaban J connectivity index is 1.62. The minimum atomic E-state index is -0.371. The van der Waals surface area contributed by atoms with E-state index in [1.54, 1.807) is 34.0 Å². The van der Waals surface area contributed by atoms with Gasteiger partial charge in [0.1, 0.15) is 5.82 Å². The van der Waals surface area contributed by atoms with Gasteiger partial charge in [0.25, 0.3) is 0 Å². The smallest absolute Gasteiger partial charge is 0.317 e. The molecule has 122 valence electrons. The van der Waals surface area contributed by atoms with Gasteiger partial charge < -0.3 is 19.9 Å². The fourth-order valence-electron chi connectivity index (χ4n) is 2.49. The molecule has 2 amide bonds. The summed E-state index contributed by atoms with van der Waals surface area (Å²) < 4.78 is 15.7. The summed E-state index contributed by atoms with van der Waals surface area (Å²) in [7, 11) is 0. The summed E-state index contributed by atoms with van der Waals surface area (Å²) in [4.78, 5) is 17.7. The molecule has 3 rings (SSSR count). The molecule has 1 heterocycles. The molecule has 2 aromatic rings. The number of nitrogens with one attached hydrogen (secondary N) is 1. The normalized spacial score (nSPS) is 13.8. The van der Waals surface area contributed by atoms with Crippen LogP contribution in [-0.4, -0.2) is 44.8 Å². The maximum Gasteiger partial charge on any atom is 0.317 e. The van der Waals surface area contributed by atoms with E-state index in [9.17, 15) is 9.18 Å². The van der Waals surface area contributed by atoms with E-state index in [1.165, 1.54) is 12.4 Å². The van der Waals surface area contributed by atoms with Gasteiger partial charge >= 0.3 is 6.03 Å². The maximum absolute atomic E-state index is 14.2. The van der Waals surface area contributed by atoms with E-state index in [2.05, 4.69) is 10.3 Å². The number of carbonyl (C=O) groups excluding carboxylic acids is 1. The largest absolute Gasteiger partial charge is 0.395 e. The fraction of sp³-hybridized carbons (Fsp3) is 0.375. The minimum Gasteiger partial charge on any atom is -0.395 e. The Morgan fingerprint density at radius 1 is 1.48 bits per heavy atom. The summed E-state index contributed by atoms with van der Waals surface area (Å²) in [6.45, 7) is 0.511. The van der Waals surface area contributed by atoms with Gasteiger partial charge in [-0.1, -0.05) is 6.07 Å². The van der Waals surface area contributed by atoms with Crippen LogP contribution in [0, 0.1) is 5.82 Å². The third-order valence-corrected chi connectivity index (χ3v) is 3.83. The third kappa shape index (κ3) is 3.68. The zero-order valence-electron chi connectivity index (χ0n) is 12.7. The second-order valence-electron chi connectivity index (χ2n) is 5.56. The van der Waals surface area contributed by atoms with Crippen molar-refractivity contribution in [3.63, 3.8) is 0 Å². The second-order valence-corrected chi connectivity index (χ2v) is 5.56. The van der Waals surface area contributed by atoms with Crippen molar-refractivity contribution in [3.8, 4) is 5.69 Å². The van der Waals surface area contributed by atoms with Crippen LogP contribution >= 0.6 is 0 Å². The van der Waals surface area contributed by atoms with Crippen molar-refractivity contribution in [1.82, 2.24) is 19.8 Å². The summed E-state index contributed by atoms with van der Waals surface area (Å²) in [5.41, 5.74) is 1.09. The molecular formula is C16H19FN4O2.